The van der Waals surface area contributed by atoms with Gasteiger partial charge < -0.3 is 4.74 Å². The fraction of sp³-hybridized carbons (Fsp3) is 0.364. The number of amides is 3. The van der Waals surface area contributed by atoms with Crippen LogP contribution in [-0.2, 0) is 11.0 Å². The summed E-state index contributed by atoms with van der Waals surface area (Å²) in [7, 11) is 0. The van der Waals surface area contributed by atoms with Crippen molar-refractivity contribution in [3.05, 3.63) is 48.0 Å². The average Bonchev–Trinajstić information content (AvgIpc) is 3.37. The van der Waals surface area contributed by atoms with Crippen molar-refractivity contribution in [3.8, 4) is 5.75 Å². The van der Waals surface area contributed by atoms with Gasteiger partial charge in [0.15, 0.2) is 5.65 Å². The second-order valence-corrected chi connectivity index (χ2v) is 8.36. The molecule has 1 aliphatic carbocycles. The molecular formula is C22H19F4N5O3. The standard InChI is InChI=1S/C22H19F4N5O3/c23-14-6-13(22(24,25)26)7-16(8-14)30-11-19(32)31(21(30)33)15-1-3-17(4-2-15)34-18-5-12-9-28-29-20(12)27-10-18/h5-10,15,17H,1-4,11H2,(H,27,28,29)/t15-,17-. The van der Waals surface area contributed by atoms with Gasteiger partial charge in [-0.1, -0.05) is 0 Å². The number of halogens is 4. The van der Waals surface area contributed by atoms with Crippen molar-refractivity contribution >= 4 is 28.7 Å². The first-order valence-corrected chi connectivity index (χ1v) is 10.7. The van der Waals surface area contributed by atoms with Crippen LogP contribution >= 0.6 is 0 Å². The second kappa shape index (κ2) is 8.26. The minimum atomic E-state index is -4.78. The van der Waals surface area contributed by atoms with Crippen molar-refractivity contribution in [1.29, 1.82) is 0 Å². The summed E-state index contributed by atoms with van der Waals surface area (Å²) < 4.78 is 59.0. The van der Waals surface area contributed by atoms with Gasteiger partial charge in [-0.15, -0.1) is 0 Å². The summed E-state index contributed by atoms with van der Waals surface area (Å²) in [5.74, 6) is -1.07. The summed E-state index contributed by atoms with van der Waals surface area (Å²) in [6.45, 7) is -0.438. The van der Waals surface area contributed by atoms with Crippen LogP contribution < -0.4 is 9.64 Å². The molecule has 2 aromatic heterocycles. The van der Waals surface area contributed by atoms with Gasteiger partial charge in [0, 0.05) is 17.1 Å². The van der Waals surface area contributed by atoms with E-state index in [0.717, 1.165) is 21.3 Å². The lowest BCUT2D eigenvalue weighted by atomic mass is 9.92. The Morgan fingerprint density at radius 3 is 2.53 bits per heavy atom. The van der Waals surface area contributed by atoms with Crippen LogP contribution in [0.5, 0.6) is 5.75 Å². The third kappa shape index (κ3) is 4.15. The van der Waals surface area contributed by atoms with Crippen molar-refractivity contribution in [1.82, 2.24) is 20.1 Å². The molecule has 3 aromatic rings. The Kier molecular flexibility index (Phi) is 5.37. The van der Waals surface area contributed by atoms with Gasteiger partial charge in [0.2, 0.25) is 0 Å². The molecular weight excluding hydrogens is 458 g/mol. The normalized spacial score (nSPS) is 21.5. The fourth-order valence-electron chi connectivity index (χ4n) is 4.47. The number of alkyl halides is 3. The highest BCUT2D eigenvalue weighted by Crippen LogP contribution is 2.35. The SMILES string of the molecule is O=C1CN(c2cc(F)cc(C(F)(F)F)c2)C(=O)N1[C@H]1CC[C@H](Oc2cnc3[nH]ncc3c2)CC1. The number of H-pyrrole nitrogens is 1. The van der Waals surface area contributed by atoms with Crippen LogP contribution in [0.3, 0.4) is 0 Å². The van der Waals surface area contributed by atoms with E-state index in [4.69, 9.17) is 4.74 Å². The summed E-state index contributed by atoms with van der Waals surface area (Å²) in [6.07, 6.45) is 0.420. The number of nitrogens with one attached hydrogen (secondary N) is 1. The van der Waals surface area contributed by atoms with Crippen LogP contribution in [-0.4, -0.2) is 50.7 Å². The summed E-state index contributed by atoms with van der Waals surface area (Å²) >= 11 is 0. The summed E-state index contributed by atoms with van der Waals surface area (Å²) in [6, 6.07) is 2.51. The van der Waals surface area contributed by atoms with Gasteiger partial charge in [-0.05, 0) is 49.9 Å². The Morgan fingerprint density at radius 1 is 1.03 bits per heavy atom. The molecule has 2 aliphatic rings. The van der Waals surface area contributed by atoms with E-state index in [1.165, 1.54) is 0 Å². The number of benzene rings is 1. The zero-order valence-electron chi connectivity index (χ0n) is 17.7. The maximum absolute atomic E-state index is 13.8. The molecule has 0 unspecified atom stereocenters. The van der Waals surface area contributed by atoms with E-state index in [0.29, 0.717) is 49.2 Å². The Balaban J connectivity index is 1.25. The number of rotatable bonds is 4. The minimum Gasteiger partial charge on any atom is -0.489 e. The molecule has 0 atom stereocenters. The number of aromatic nitrogens is 3. The number of carbonyl (C=O) groups is 2. The molecule has 1 saturated heterocycles. The van der Waals surface area contributed by atoms with Crippen LogP contribution in [0.25, 0.3) is 11.0 Å². The highest BCUT2D eigenvalue weighted by Gasteiger charge is 2.43. The van der Waals surface area contributed by atoms with Crippen LogP contribution in [0.2, 0.25) is 0 Å². The molecule has 1 aliphatic heterocycles. The zero-order valence-corrected chi connectivity index (χ0v) is 17.7. The molecule has 0 radical (unpaired) electrons. The number of pyridine rings is 1. The quantitative estimate of drug-likeness (QED) is 0.448. The molecule has 3 heterocycles. The molecule has 1 saturated carbocycles. The maximum Gasteiger partial charge on any atom is 0.416 e. The Morgan fingerprint density at radius 2 is 1.79 bits per heavy atom. The summed E-state index contributed by atoms with van der Waals surface area (Å²) in [5.41, 5.74) is -0.874. The smallest absolute Gasteiger partial charge is 0.416 e. The first-order chi connectivity index (χ1) is 16.2. The lowest BCUT2D eigenvalue weighted by Gasteiger charge is -2.33. The third-order valence-electron chi connectivity index (χ3n) is 6.10. The van der Waals surface area contributed by atoms with Gasteiger partial charge in [-0.25, -0.2) is 14.2 Å². The number of hydrogen-bond acceptors (Lipinski definition) is 5. The van der Waals surface area contributed by atoms with Crippen LogP contribution in [0.15, 0.2) is 36.7 Å². The lowest BCUT2D eigenvalue weighted by Crippen LogP contribution is -2.44. The van der Waals surface area contributed by atoms with E-state index in [9.17, 15) is 27.2 Å². The second-order valence-electron chi connectivity index (χ2n) is 8.36. The van der Waals surface area contributed by atoms with Gasteiger partial charge >= 0.3 is 12.2 Å². The number of nitrogens with zero attached hydrogens (tertiary/aromatic N) is 4. The topological polar surface area (TPSA) is 91.4 Å². The predicted molar refractivity (Wildman–Crippen MR) is 112 cm³/mol. The molecule has 8 nitrogen and oxygen atoms in total. The lowest BCUT2D eigenvalue weighted by molar-refractivity contribution is -0.137. The molecule has 1 N–H and O–H groups in total. The molecule has 0 spiro atoms. The van der Waals surface area contributed by atoms with Crippen molar-refractivity contribution in [2.75, 3.05) is 11.4 Å². The molecule has 0 bridgehead atoms. The largest absolute Gasteiger partial charge is 0.489 e. The van der Waals surface area contributed by atoms with E-state index in [2.05, 4.69) is 15.2 Å². The summed E-state index contributed by atoms with van der Waals surface area (Å²) in [4.78, 5) is 31.7. The number of anilines is 1. The maximum atomic E-state index is 13.8. The number of urea groups is 1. The first kappa shape index (κ1) is 22.1. The fourth-order valence-corrected chi connectivity index (χ4v) is 4.47. The van der Waals surface area contributed by atoms with Crippen molar-refractivity contribution < 1.29 is 31.9 Å². The molecule has 34 heavy (non-hydrogen) atoms. The molecule has 3 amide bonds. The molecule has 2 fully saturated rings. The van der Waals surface area contributed by atoms with Gasteiger partial charge in [0.25, 0.3) is 5.91 Å². The molecule has 5 rings (SSSR count). The number of fused-ring (bicyclic) bond motifs is 1. The Labute approximate surface area is 190 Å². The average molecular weight is 477 g/mol. The van der Waals surface area contributed by atoms with Crippen LogP contribution in [0, 0.1) is 5.82 Å². The predicted octanol–water partition coefficient (Wildman–Crippen LogP) is 4.27. The molecule has 178 valence electrons. The number of imide groups is 1. The first-order valence-electron chi connectivity index (χ1n) is 10.7. The van der Waals surface area contributed by atoms with E-state index >= 15 is 0 Å². The van der Waals surface area contributed by atoms with E-state index < -0.39 is 42.1 Å². The van der Waals surface area contributed by atoms with Crippen molar-refractivity contribution in [3.63, 3.8) is 0 Å². The highest BCUT2D eigenvalue weighted by atomic mass is 19.4. The number of ether oxygens (including phenoxy) is 1. The van der Waals surface area contributed by atoms with E-state index in [-0.39, 0.29) is 11.8 Å². The van der Waals surface area contributed by atoms with Crippen molar-refractivity contribution in [2.24, 2.45) is 0 Å². The number of hydrogen-bond donors (Lipinski definition) is 1. The monoisotopic (exact) mass is 477 g/mol. The zero-order chi connectivity index (χ0) is 24.0. The summed E-state index contributed by atoms with van der Waals surface area (Å²) in [5, 5.41) is 7.48. The molecule has 1 aromatic carbocycles. The van der Waals surface area contributed by atoms with Crippen molar-refractivity contribution in [2.45, 2.75) is 44.0 Å². The van der Waals surface area contributed by atoms with E-state index in [1.54, 1.807) is 12.4 Å². The number of carbonyl (C=O) groups excluding carboxylic acids is 2. The Bertz CT molecular complexity index is 1250. The third-order valence-corrected chi connectivity index (χ3v) is 6.10. The number of aromatic amines is 1. The van der Waals surface area contributed by atoms with Gasteiger partial charge in [-0.3, -0.25) is 19.7 Å². The highest BCUT2D eigenvalue weighted by molar-refractivity contribution is 6.12. The van der Waals surface area contributed by atoms with E-state index in [1.807, 2.05) is 6.07 Å². The minimum absolute atomic E-state index is 0.135. The Hall–Kier alpha value is -3.70. The van der Waals surface area contributed by atoms with Crippen LogP contribution in [0.1, 0.15) is 31.2 Å². The molecule has 12 heteroatoms. The van der Waals surface area contributed by atoms with Gasteiger partial charge in [0.05, 0.1) is 24.1 Å². The van der Waals surface area contributed by atoms with Gasteiger partial charge in [0.1, 0.15) is 18.1 Å². The van der Waals surface area contributed by atoms with Crippen LogP contribution in [0.4, 0.5) is 28.0 Å². The van der Waals surface area contributed by atoms with Gasteiger partial charge in [-0.2, -0.15) is 18.3 Å².